The van der Waals surface area contributed by atoms with Gasteiger partial charge in [-0.1, -0.05) is 0 Å². The van der Waals surface area contributed by atoms with Crippen LogP contribution in [0.1, 0.15) is 29.2 Å². The van der Waals surface area contributed by atoms with Crippen LogP contribution in [0.3, 0.4) is 0 Å². The summed E-state index contributed by atoms with van der Waals surface area (Å²) in [7, 11) is 3.21. The van der Waals surface area contributed by atoms with E-state index in [2.05, 4.69) is 9.97 Å². The maximum Gasteiger partial charge on any atom is 0.433 e. The maximum absolute atomic E-state index is 13.1. The molecule has 1 unspecified atom stereocenters. The van der Waals surface area contributed by atoms with E-state index in [9.17, 15) is 18.0 Å². The number of amides is 1. The molecule has 0 bridgehead atoms. The number of hydrogen-bond acceptors (Lipinski definition) is 3. The summed E-state index contributed by atoms with van der Waals surface area (Å²) in [6.45, 7) is 1.45. The van der Waals surface area contributed by atoms with E-state index >= 15 is 0 Å². The van der Waals surface area contributed by atoms with Crippen LogP contribution in [0.25, 0.3) is 0 Å². The molecule has 1 heterocycles. The van der Waals surface area contributed by atoms with Gasteiger partial charge in [0.1, 0.15) is 5.82 Å². The van der Waals surface area contributed by atoms with Gasteiger partial charge in [0.05, 0.1) is 0 Å². The molecule has 0 N–H and O–H groups in total. The van der Waals surface area contributed by atoms with Crippen LogP contribution in [-0.2, 0) is 23.8 Å². The van der Waals surface area contributed by atoms with Gasteiger partial charge >= 0.3 is 6.18 Å². The van der Waals surface area contributed by atoms with Gasteiger partial charge in [-0.15, -0.1) is 0 Å². The van der Waals surface area contributed by atoms with E-state index in [0.717, 1.165) is 0 Å². The molecule has 0 saturated heterocycles. The maximum atomic E-state index is 13.1. The molecule has 20 heavy (non-hydrogen) atoms. The first kappa shape index (κ1) is 14.7. The summed E-state index contributed by atoms with van der Waals surface area (Å²) >= 11 is 0. The zero-order valence-corrected chi connectivity index (χ0v) is 11.6. The Morgan fingerprint density at radius 2 is 1.95 bits per heavy atom. The molecule has 2 rings (SSSR count). The SMILES string of the molecule is Cc1nc2c(c(C(F)(F)F)n1)CC(C(=O)N(C)C)CC2. The van der Waals surface area contributed by atoms with Crippen LogP contribution in [0.15, 0.2) is 0 Å². The first-order chi connectivity index (χ1) is 9.20. The quantitative estimate of drug-likeness (QED) is 0.793. The van der Waals surface area contributed by atoms with Crippen molar-refractivity contribution >= 4 is 5.91 Å². The smallest absolute Gasteiger partial charge is 0.349 e. The highest BCUT2D eigenvalue weighted by Crippen LogP contribution is 2.36. The zero-order chi connectivity index (χ0) is 15.1. The number of rotatable bonds is 1. The summed E-state index contributed by atoms with van der Waals surface area (Å²) in [5.74, 6) is -0.456. The summed E-state index contributed by atoms with van der Waals surface area (Å²) in [4.78, 5) is 21.0. The number of hydrogen-bond donors (Lipinski definition) is 0. The predicted octanol–water partition coefficient (Wildman–Crippen LogP) is 2.00. The summed E-state index contributed by atoms with van der Waals surface area (Å²) in [5, 5.41) is 0. The molecule has 1 aliphatic carbocycles. The highest BCUT2D eigenvalue weighted by atomic mass is 19.4. The first-order valence-corrected chi connectivity index (χ1v) is 6.35. The third-order valence-electron chi connectivity index (χ3n) is 3.44. The Bertz CT molecular complexity index is 540. The second-order valence-corrected chi connectivity index (χ2v) is 5.21. The van der Waals surface area contributed by atoms with Crippen molar-refractivity contribution in [2.45, 2.75) is 32.4 Å². The molecule has 1 amide bonds. The molecule has 7 heteroatoms. The lowest BCUT2D eigenvalue weighted by Gasteiger charge is -2.27. The van der Waals surface area contributed by atoms with Gasteiger partial charge in [0.2, 0.25) is 5.91 Å². The lowest BCUT2D eigenvalue weighted by molar-refractivity contribution is -0.143. The number of fused-ring (bicyclic) bond motifs is 1. The number of aromatic nitrogens is 2. The van der Waals surface area contributed by atoms with E-state index in [-0.39, 0.29) is 23.7 Å². The van der Waals surface area contributed by atoms with E-state index < -0.39 is 17.8 Å². The Balaban J connectivity index is 2.42. The third kappa shape index (κ3) is 2.76. The van der Waals surface area contributed by atoms with Gasteiger partial charge in [-0.2, -0.15) is 13.2 Å². The van der Waals surface area contributed by atoms with Crippen molar-refractivity contribution in [1.82, 2.24) is 14.9 Å². The normalized spacial score (nSPS) is 18.6. The molecule has 1 aromatic rings. The van der Waals surface area contributed by atoms with E-state index in [1.165, 1.54) is 11.8 Å². The molecule has 0 aliphatic heterocycles. The lowest BCUT2D eigenvalue weighted by atomic mass is 9.84. The second kappa shape index (κ2) is 5.03. The minimum absolute atomic E-state index is 0.0570. The average molecular weight is 287 g/mol. The van der Waals surface area contributed by atoms with Gasteiger partial charge < -0.3 is 4.90 Å². The topological polar surface area (TPSA) is 46.1 Å². The van der Waals surface area contributed by atoms with Crippen LogP contribution < -0.4 is 0 Å². The van der Waals surface area contributed by atoms with E-state index in [4.69, 9.17) is 0 Å². The Labute approximate surface area is 115 Å². The average Bonchev–Trinajstić information content (AvgIpc) is 2.35. The van der Waals surface area contributed by atoms with Crippen molar-refractivity contribution < 1.29 is 18.0 Å². The fraction of sp³-hybridized carbons (Fsp3) is 0.615. The molecule has 0 saturated carbocycles. The molecular formula is C13H16F3N3O. The van der Waals surface area contributed by atoms with Crippen LogP contribution in [0.4, 0.5) is 13.2 Å². The fourth-order valence-electron chi connectivity index (χ4n) is 2.54. The van der Waals surface area contributed by atoms with Crippen LogP contribution in [-0.4, -0.2) is 34.9 Å². The molecule has 110 valence electrons. The second-order valence-electron chi connectivity index (χ2n) is 5.21. The van der Waals surface area contributed by atoms with Gasteiger partial charge in [0, 0.05) is 31.3 Å². The minimum atomic E-state index is -4.51. The van der Waals surface area contributed by atoms with Crippen molar-refractivity contribution in [3.63, 3.8) is 0 Å². The van der Waals surface area contributed by atoms with Gasteiger partial charge in [-0.25, -0.2) is 9.97 Å². The first-order valence-electron chi connectivity index (χ1n) is 6.35. The van der Waals surface area contributed by atoms with Crippen molar-refractivity contribution in [3.8, 4) is 0 Å². The number of nitrogens with zero attached hydrogens (tertiary/aromatic N) is 3. The molecule has 0 radical (unpaired) electrons. The molecule has 1 aliphatic rings. The van der Waals surface area contributed by atoms with Gasteiger partial charge in [-0.05, 0) is 26.2 Å². The molecule has 1 aromatic heterocycles. The third-order valence-corrected chi connectivity index (χ3v) is 3.44. The molecule has 0 spiro atoms. The largest absolute Gasteiger partial charge is 0.433 e. The van der Waals surface area contributed by atoms with Crippen molar-refractivity contribution in [1.29, 1.82) is 0 Å². The Morgan fingerprint density at radius 1 is 1.30 bits per heavy atom. The fourth-order valence-corrected chi connectivity index (χ4v) is 2.54. The summed E-state index contributed by atoms with van der Waals surface area (Å²) in [6, 6.07) is 0. The predicted molar refractivity (Wildman–Crippen MR) is 66.0 cm³/mol. The molecular weight excluding hydrogens is 271 g/mol. The van der Waals surface area contributed by atoms with Crippen molar-refractivity contribution in [3.05, 3.63) is 22.8 Å². The minimum Gasteiger partial charge on any atom is -0.349 e. The highest BCUT2D eigenvalue weighted by Gasteiger charge is 2.40. The van der Waals surface area contributed by atoms with Gasteiger partial charge in [0.15, 0.2) is 5.69 Å². The molecule has 4 nitrogen and oxygen atoms in total. The standard InChI is InChI=1S/C13H16F3N3O/c1-7-17-10-5-4-8(12(20)19(2)3)6-9(10)11(18-7)13(14,15)16/h8H,4-6H2,1-3H3. The van der Waals surface area contributed by atoms with Crippen LogP contribution in [0, 0.1) is 12.8 Å². The van der Waals surface area contributed by atoms with Crippen molar-refractivity contribution in [2.75, 3.05) is 14.1 Å². The molecule has 0 aromatic carbocycles. The van der Waals surface area contributed by atoms with Crippen LogP contribution in [0.2, 0.25) is 0 Å². The van der Waals surface area contributed by atoms with E-state index in [1.807, 2.05) is 0 Å². The number of halogens is 3. The molecule has 1 atom stereocenters. The Kier molecular flexibility index (Phi) is 3.71. The number of carbonyl (C=O) groups is 1. The lowest BCUT2D eigenvalue weighted by Crippen LogP contribution is -2.34. The summed E-state index contributed by atoms with van der Waals surface area (Å²) in [6.07, 6.45) is -3.55. The van der Waals surface area contributed by atoms with Crippen molar-refractivity contribution in [2.24, 2.45) is 5.92 Å². The van der Waals surface area contributed by atoms with Gasteiger partial charge in [0.25, 0.3) is 0 Å². The number of carbonyl (C=O) groups excluding carboxylic acids is 1. The number of alkyl halides is 3. The van der Waals surface area contributed by atoms with E-state index in [1.54, 1.807) is 14.1 Å². The van der Waals surface area contributed by atoms with Crippen LogP contribution in [0.5, 0.6) is 0 Å². The Morgan fingerprint density at radius 3 is 2.50 bits per heavy atom. The summed E-state index contributed by atoms with van der Waals surface area (Å²) in [5.41, 5.74) is -0.390. The monoisotopic (exact) mass is 287 g/mol. The highest BCUT2D eigenvalue weighted by molar-refractivity contribution is 5.79. The summed E-state index contributed by atoms with van der Waals surface area (Å²) < 4.78 is 39.2. The zero-order valence-electron chi connectivity index (χ0n) is 11.6. The Hall–Kier alpha value is -1.66. The van der Waals surface area contributed by atoms with E-state index in [0.29, 0.717) is 18.5 Å². The van der Waals surface area contributed by atoms with Gasteiger partial charge in [-0.3, -0.25) is 4.79 Å². The number of aryl methyl sites for hydroxylation is 2. The molecule has 0 fully saturated rings. The van der Waals surface area contributed by atoms with Crippen LogP contribution >= 0.6 is 0 Å².